The fraction of sp³-hybridized carbons (Fsp3) is 0.387. The lowest BCUT2D eigenvalue weighted by molar-refractivity contribution is -0.140. The number of nitrogens with zero attached hydrogens (tertiary/aromatic N) is 5. The molecule has 19 heteroatoms. The lowest BCUT2D eigenvalue weighted by Gasteiger charge is -2.38. The lowest BCUT2D eigenvalue weighted by Crippen LogP contribution is -2.41. The number of hydrogen-bond donors (Lipinski definition) is 6. The number of carboxylic acids is 1. The molecule has 0 bridgehead atoms. The minimum absolute atomic E-state index is 0.0960. The van der Waals surface area contributed by atoms with Crippen molar-refractivity contribution in [1.29, 1.82) is 5.26 Å². The van der Waals surface area contributed by atoms with Crippen molar-refractivity contribution < 1.29 is 47.4 Å². The van der Waals surface area contributed by atoms with Crippen LogP contribution < -0.4 is 11.5 Å². The van der Waals surface area contributed by atoms with E-state index in [2.05, 4.69) is 25.7 Å². The smallest absolute Gasteiger partial charge is 0.471 e. The molecule has 0 radical (unpaired) electrons. The monoisotopic (exact) mass is 739 g/mol. The molecule has 0 saturated heterocycles. The molecule has 4 rings (SSSR count). The third-order valence-corrected chi connectivity index (χ3v) is 8.45. The van der Waals surface area contributed by atoms with Crippen LogP contribution in [-0.2, 0) is 30.8 Å². The van der Waals surface area contributed by atoms with Crippen LogP contribution in [0.4, 0.5) is 8.78 Å². The highest BCUT2D eigenvalue weighted by molar-refractivity contribution is 7.46. The number of benzene rings is 2. The lowest BCUT2D eigenvalue weighted by atomic mass is 9.81. The number of carboxylic acid groups (broad SMARTS) is 1. The summed E-state index contributed by atoms with van der Waals surface area (Å²) >= 11 is 1.25. The second-order valence-corrected chi connectivity index (χ2v) is 12.6. The molecule has 50 heavy (non-hydrogen) atoms. The van der Waals surface area contributed by atoms with Crippen molar-refractivity contribution in [3.63, 3.8) is 0 Å². The van der Waals surface area contributed by atoms with Crippen molar-refractivity contribution in [3.05, 3.63) is 88.3 Å². The van der Waals surface area contributed by atoms with Gasteiger partial charge in [-0.3, -0.25) is 9.32 Å². The first kappa shape index (κ1) is 42.1. The van der Waals surface area contributed by atoms with Crippen molar-refractivity contribution in [2.75, 3.05) is 19.9 Å². The van der Waals surface area contributed by atoms with Gasteiger partial charge in [-0.05, 0) is 44.5 Å². The molecule has 272 valence electrons. The Hall–Kier alpha value is -4.02. The van der Waals surface area contributed by atoms with E-state index in [9.17, 15) is 23.5 Å². The number of carbonyl (C=O) groups is 1. The van der Waals surface area contributed by atoms with E-state index < -0.39 is 49.8 Å². The van der Waals surface area contributed by atoms with E-state index in [1.807, 2.05) is 0 Å². The molecule has 2 aromatic heterocycles. The fourth-order valence-corrected chi connectivity index (χ4v) is 5.61. The number of halogens is 2. The fourth-order valence-electron chi connectivity index (χ4n) is 4.46. The van der Waals surface area contributed by atoms with Crippen LogP contribution in [0.5, 0.6) is 0 Å². The zero-order valence-corrected chi connectivity index (χ0v) is 29.0. The second-order valence-electron chi connectivity index (χ2n) is 10.5. The average Bonchev–Trinajstić information content (AvgIpc) is 3.77. The van der Waals surface area contributed by atoms with Gasteiger partial charge in [-0.1, -0.05) is 31.5 Å². The van der Waals surface area contributed by atoms with Crippen molar-refractivity contribution in [1.82, 2.24) is 19.7 Å². The predicted octanol–water partition coefficient (Wildman–Crippen LogP) is 3.86. The largest absolute Gasteiger partial charge is 0.480 e. The van der Waals surface area contributed by atoms with Crippen molar-refractivity contribution in [3.8, 4) is 17.3 Å². The summed E-state index contributed by atoms with van der Waals surface area (Å²) in [6, 6.07) is 11.1. The molecule has 3 atom stereocenters. The predicted molar refractivity (Wildman–Crippen MR) is 179 cm³/mol. The number of nitriles is 1. The van der Waals surface area contributed by atoms with E-state index in [1.165, 1.54) is 34.7 Å². The summed E-state index contributed by atoms with van der Waals surface area (Å²) in [5.41, 5.74) is 10.4. The number of unbranched alkanes of at least 4 members (excludes halogenated alkanes) is 1. The Morgan fingerprint density at radius 1 is 1.20 bits per heavy atom. The minimum Gasteiger partial charge on any atom is -0.480 e. The van der Waals surface area contributed by atoms with E-state index in [4.69, 9.17) is 31.7 Å². The molecule has 0 aliphatic heterocycles. The van der Waals surface area contributed by atoms with Gasteiger partial charge in [-0.25, -0.2) is 28.0 Å². The molecule has 0 amide bonds. The maximum atomic E-state index is 15.2. The highest BCUT2D eigenvalue weighted by Crippen LogP contribution is 2.46. The zero-order valence-electron chi connectivity index (χ0n) is 27.3. The van der Waals surface area contributed by atoms with Gasteiger partial charge in [0.25, 0.3) is 0 Å². The Bertz CT molecular complexity index is 1700. The molecule has 1 unspecified atom stereocenters. The second kappa shape index (κ2) is 20.6. The minimum atomic E-state index is -4.93. The van der Waals surface area contributed by atoms with Crippen LogP contribution in [0, 0.1) is 23.0 Å². The number of aliphatic hydroxyl groups is 1. The van der Waals surface area contributed by atoms with Gasteiger partial charge < -0.3 is 36.2 Å². The summed E-state index contributed by atoms with van der Waals surface area (Å²) in [5, 5.41) is 31.3. The topological polar surface area (TPSA) is 253 Å². The normalized spacial score (nSPS) is 13.4. The van der Waals surface area contributed by atoms with E-state index in [0.717, 1.165) is 24.5 Å². The summed E-state index contributed by atoms with van der Waals surface area (Å²) in [7, 11) is -4.93. The SMILES string of the molecule is CCO.C[C@@H](c1nc(-c2ccc(C#N)cc2)cs1)[C@](Cn1cncn1)(OCOP(=O)(O)O)c1ccc(F)cc1F.NCCCCC(N)C(=O)O. The molecule has 15 nitrogen and oxygen atoms in total. The highest BCUT2D eigenvalue weighted by atomic mass is 32.1. The molecule has 4 aromatic rings. The zero-order chi connectivity index (χ0) is 37.3. The maximum Gasteiger partial charge on any atom is 0.471 e. The number of phosphoric acid groups is 1. The first-order valence-corrected chi connectivity index (χ1v) is 17.5. The summed E-state index contributed by atoms with van der Waals surface area (Å²) in [5.74, 6) is -3.44. The molecule has 2 heterocycles. The van der Waals surface area contributed by atoms with Crippen LogP contribution in [0.1, 0.15) is 55.2 Å². The van der Waals surface area contributed by atoms with Gasteiger partial charge in [0.15, 0.2) is 6.79 Å². The highest BCUT2D eigenvalue weighted by Gasteiger charge is 2.45. The Kier molecular flexibility index (Phi) is 17.4. The van der Waals surface area contributed by atoms with Crippen molar-refractivity contribution >= 4 is 25.1 Å². The molecular formula is C31H40F2N7O8PS. The number of thiazole rings is 1. The van der Waals surface area contributed by atoms with Gasteiger partial charge in [0.05, 0.1) is 28.9 Å². The van der Waals surface area contributed by atoms with Crippen molar-refractivity contribution in [2.24, 2.45) is 11.5 Å². The van der Waals surface area contributed by atoms with Gasteiger partial charge >= 0.3 is 13.8 Å². The van der Waals surface area contributed by atoms with Crippen LogP contribution in [0.15, 0.2) is 60.5 Å². The van der Waals surface area contributed by atoms with Gasteiger partial charge in [-0.2, -0.15) is 10.4 Å². The van der Waals surface area contributed by atoms with Crippen molar-refractivity contribution in [2.45, 2.75) is 57.2 Å². The van der Waals surface area contributed by atoms with E-state index in [1.54, 1.807) is 43.5 Å². The number of aliphatic carboxylic acids is 1. The maximum absolute atomic E-state index is 15.2. The Morgan fingerprint density at radius 3 is 2.42 bits per heavy atom. The molecular weight excluding hydrogens is 699 g/mol. The van der Waals surface area contributed by atoms with Crippen LogP contribution in [0.3, 0.4) is 0 Å². The van der Waals surface area contributed by atoms with E-state index in [0.29, 0.717) is 35.3 Å². The number of ether oxygens (including phenoxy) is 1. The van der Waals surface area contributed by atoms with Gasteiger partial charge in [0, 0.05) is 35.1 Å². The number of aromatic nitrogens is 4. The van der Waals surface area contributed by atoms with Gasteiger partial charge in [-0.15, -0.1) is 11.3 Å². The van der Waals surface area contributed by atoms with Gasteiger partial charge in [0.2, 0.25) is 0 Å². The van der Waals surface area contributed by atoms with Gasteiger partial charge in [0.1, 0.15) is 35.9 Å². The molecule has 0 aliphatic carbocycles. The first-order valence-electron chi connectivity index (χ1n) is 15.1. The Morgan fingerprint density at radius 2 is 1.88 bits per heavy atom. The molecule has 0 fully saturated rings. The number of aliphatic hydroxyl groups excluding tert-OH is 1. The number of hydrogen-bond acceptors (Lipinski definition) is 12. The summed E-state index contributed by atoms with van der Waals surface area (Å²) in [4.78, 5) is 37.1. The summed E-state index contributed by atoms with van der Waals surface area (Å²) in [6.07, 6.45) is 4.78. The third-order valence-electron chi connectivity index (χ3n) is 6.98. The Balaban J connectivity index is 0.000000569. The van der Waals surface area contributed by atoms with Crippen LogP contribution in [0.2, 0.25) is 0 Å². The summed E-state index contributed by atoms with van der Waals surface area (Å²) in [6.45, 7) is 3.14. The van der Waals surface area contributed by atoms with Crippen LogP contribution >= 0.6 is 19.2 Å². The molecule has 8 N–H and O–H groups in total. The molecule has 0 spiro atoms. The first-order chi connectivity index (χ1) is 23.7. The third kappa shape index (κ3) is 13.0. The van der Waals surface area contributed by atoms with Crippen LogP contribution in [-0.4, -0.2) is 71.7 Å². The van der Waals surface area contributed by atoms with Crippen LogP contribution in [0.25, 0.3) is 11.3 Å². The summed E-state index contributed by atoms with van der Waals surface area (Å²) < 4.78 is 52.2. The quantitative estimate of drug-likeness (QED) is 0.0575. The number of rotatable bonds is 15. The van der Waals surface area contributed by atoms with E-state index in [-0.39, 0.29) is 18.7 Å². The molecule has 0 saturated carbocycles. The molecule has 0 aliphatic rings. The average molecular weight is 740 g/mol. The number of phosphoric ester groups is 1. The Labute approximate surface area is 291 Å². The number of nitrogens with two attached hydrogens (primary N) is 2. The molecule has 2 aromatic carbocycles. The van der Waals surface area contributed by atoms with E-state index >= 15 is 4.39 Å². The standard InChI is InChI=1S/C23H20F2N5O5PS.C6H14N2O2.C2H6O/c1-15(22-29-21(10-37-22)17-4-2-16(9-26)3-5-17)23(11-30-13-27-12-28-30,34-14-35-36(31,32)33)19-7-6-18(24)8-20(19)25;7-4-2-1-3-5(8)6(9)10;1-2-3/h2-8,10,12-13,15H,11,14H2,1H3,(H2,31,32,33);5H,1-4,7-8H2,(H,9,10);3H,2H2,1H3/t15-,23-;;/m0../s1.